The minimum absolute atomic E-state index is 0.218. The first kappa shape index (κ1) is 32.7. The monoisotopic (exact) mass is 642 g/mol. The molecule has 0 bridgehead atoms. The Hall–Kier alpha value is -3.18. The van der Waals surface area contributed by atoms with E-state index < -0.39 is 93.5 Å². The SMILES string of the molecule is CC(=O)OC1[C@@H]2[C@@]3(C)C=C[C@@H](O)[C@](C)(OC(C)=O)[C@@H]3C[C@@H](OC(C)=O)[C@@]2(C)[C@]23O[C@@H]2C[C@@H](c2ccoc2)[C@]3(C)[C@H]1OC(=O)C(C)C. The number of epoxide rings is 1. The number of furan rings is 1. The first-order valence-electron chi connectivity index (χ1n) is 16.2. The number of carbonyl (C=O) groups is 4. The lowest BCUT2D eigenvalue weighted by molar-refractivity contribution is -0.306. The summed E-state index contributed by atoms with van der Waals surface area (Å²) in [5.41, 5.74) is -4.41. The van der Waals surface area contributed by atoms with E-state index in [4.69, 9.17) is 28.1 Å². The summed E-state index contributed by atoms with van der Waals surface area (Å²) in [7, 11) is 0. The molecule has 0 radical (unpaired) electrons. The standard InChI is InChI=1S/C35H46O11/c1-17(2)30(40)44-29-27(43-19(4)37)28-31(6)12-10-24(39)34(9,45-20(5)38)23(31)15-25(42-18(3)36)33(28,8)35-26(46-35)14-22(32(29,35)7)21-11-13-41-16-21/h10-13,16-17,22-29,39H,14-15H2,1-9H3/t22-,23+,24+,25+,26+,27?,28+,29-,31-,32+,33+,34+,35-/m0/s1. The summed E-state index contributed by atoms with van der Waals surface area (Å²) in [6, 6.07) is 1.89. The molecule has 6 rings (SSSR count). The molecule has 2 heterocycles. The molecule has 46 heavy (non-hydrogen) atoms. The number of allylic oxidation sites excluding steroid dienone is 1. The number of fused-ring (bicyclic) bond motifs is 3. The van der Waals surface area contributed by atoms with Crippen LogP contribution in [0.2, 0.25) is 0 Å². The second kappa shape index (κ2) is 10.4. The quantitative estimate of drug-likeness (QED) is 0.205. The third-order valence-corrected chi connectivity index (χ3v) is 12.5. The third kappa shape index (κ3) is 4.09. The molecule has 13 atom stereocenters. The molecule has 4 fully saturated rings. The highest BCUT2D eigenvalue weighted by Gasteiger charge is 2.92. The number of hydrogen-bond acceptors (Lipinski definition) is 11. The van der Waals surface area contributed by atoms with Gasteiger partial charge in [-0.15, -0.1) is 0 Å². The highest BCUT2D eigenvalue weighted by molar-refractivity contribution is 5.72. The van der Waals surface area contributed by atoms with Crippen molar-refractivity contribution in [1.29, 1.82) is 0 Å². The Bertz CT molecular complexity index is 1470. The lowest BCUT2D eigenvalue weighted by Gasteiger charge is -2.70. The fourth-order valence-electron chi connectivity index (χ4n) is 10.8. The Balaban J connectivity index is 1.65. The molecule has 5 aliphatic rings. The predicted octanol–water partition coefficient (Wildman–Crippen LogP) is 4.26. The maximum atomic E-state index is 13.6. The van der Waals surface area contributed by atoms with Crippen LogP contribution in [0.25, 0.3) is 0 Å². The Kier molecular flexibility index (Phi) is 7.41. The summed E-state index contributed by atoms with van der Waals surface area (Å²) in [5, 5.41) is 11.3. The average Bonchev–Trinajstić information content (AvgIpc) is 3.30. The van der Waals surface area contributed by atoms with Gasteiger partial charge in [0.15, 0.2) is 0 Å². The maximum Gasteiger partial charge on any atom is 0.308 e. The lowest BCUT2D eigenvalue weighted by atomic mass is 9.36. The van der Waals surface area contributed by atoms with E-state index in [1.54, 1.807) is 39.4 Å². The van der Waals surface area contributed by atoms with Gasteiger partial charge in [-0.3, -0.25) is 19.2 Å². The van der Waals surface area contributed by atoms with Crippen molar-refractivity contribution in [2.24, 2.45) is 34.0 Å². The molecule has 3 saturated carbocycles. The molecule has 4 aliphatic carbocycles. The van der Waals surface area contributed by atoms with Crippen molar-refractivity contribution in [3.05, 3.63) is 36.3 Å². The molecule has 11 heteroatoms. The van der Waals surface area contributed by atoms with Crippen LogP contribution in [0.5, 0.6) is 0 Å². The average molecular weight is 643 g/mol. The largest absolute Gasteiger partial charge is 0.472 e. The minimum atomic E-state index is -1.42. The van der Waals surface area contributed by atoms with Gasteiger partial charge in [-0.05, 0) is 36.8 Å². The second-order valence-electron chi connectivity index (χ2n) is 15.2. The number of aliphatic hydroxyl groups is 1. The molecule has 1 aliphatic heterocycles. The zero-order valence-corrected chi connectivity index (χ0v) is 28.0. The van der Waals surface area contributed by atoms with E-state index in [1.807, 2.05) is 32.9 Å². The normalized spacial score (nSPS) is 46.7. The zero-order valence-electron chi connectivity index (χ0n) is 28.0. The molecule has 1 aromatic rings. The minimum Gasteiger partial charge on any atom is -0.472 e. The van der Waals surface area contributed by atoms with Gasteiger partial charge in [0, 0.05) is 49.4 Å². The van der Waals surface area contributed by atoms with E-state index in [-0.39, 0.29) is 18.4 Å². The first-order chi connectivity index (χ1) is 21.4. The fourth-order valence-corrected chi connectivity index (χ4v) is 10.8. The molecule has 1 aromatic heterocycles. The van der Waals surface area contributed by atoms with Gasteiger partial charge in [0.05, 0.1) is 24.5 Å². The summed E-state index contributed by atoms with van der Waals surface area (Å²) in [6.45, 7) is 15.2. The van der Waals surface area contributed by atoms with Crippen molar-refractivity contribution in [3.63, 3.8) is 0 Å². The highest BCUT2D eigenvalue weighted by Crippen LogP contribution is 2.83. The molecule has 1 saturated heterocycles. The summed E-state index contributed by atoms with van der Waals surface area (Å²) in [4.78, 5) is 52.0. The molecule has 11 nitrogen and oxygen atoms in total. The van der Waals surface area contributed by atoms with Gasteiger partial charge in [-0.1, -0.05) is 46.8 Å². The molecular formula is C35H46O11. The van der Waals surface area contributed by atoms with Gasteiger partial charge in [-0.2, -0.15) is 0 Å². The number of ether oxygens (including phenoxy) is 5. The van der Waals surface area contributed by atoms with E-state index in [0.29, 0.717) is 6.42 Å². The van der Waals surface area contributed by atoms with Crippen LogP contribution in [0.4, 0.5) is 0 Å². The van der Waals surface area contributed by atoms with Crippen LogP contribution in [0, 0.1) is 34.0 Å². The number of rotatable bonds is 6. The summed E-state index contributed by atoms with van der Waals surface area (Å²) in [5.74, 6) is -4.08. The molecule has 0 aromatic carbocycles. The van der Waals surface area contributed by atoms with Gasteiger partial charge in [-0.25, -0.2) is 0 Å². The Morgan fingerprint density at radius 2 is 1.61 bits per heavy atom. The van der Waals surface area contributed by atoms with Crippen molar-refractivity contribution in [2.45, 2.75) is 123 Å². The van der Waals surface area contributed by atoms with Gasteiger partial charge < -0.3 is 33.2 Å². The van der Waals surface area contributed by atoms with Crippen molar-refractivity contribution in [1.82, 2.24) is 0 Å². The molecule has 0 amide bonds. The van der Waals surface area contributed by atoms with Crippen molar-refractivity contribution >= 4 is 23.9 Å². The van der Waals surface area contributed by atoms with Crippen LogP contribution in [0.1, 0.15) is 86.6 Å². The van der Waals surface area contributed by atoms with Gasteiger partial charge in [0.2, 0.25) is 0 Å². The Morgan fingerprint density at radius 1 is 0.935 bits per heavy atom. The number of esters is 4. The van der Waals surface area contributed by atoms with Crippen molar-refractivity contribution in [2.75, 3.05) is 0 Å². The van der Waals surface area contributed by atoms with Crippen LogP contribution in [0.15, 0.2) is 35.2 Å². The summed E-state index contributed by atoms with van der Waals surface area (Å²) in [6.07, 6.45) is 3.32. The zero-order chi connectivity index (χ0) is 33.8. The molecule has 252 valence electrons. The molecule has 1 N–H and O–H groups in total. The fraction of sp³-hybridized carbons (Fsp3) is 0.714. The van der Waals surface area contributed by atoms with E-state index in [0.717, 1.165) is 5.56 Å². The van der Waals surface area contributed by atoms with Crippen LogP contribution >= 0.6 is 0 Å². The van der Waals surface area contributed by atoms with E-state index >= 15 is 0 Å². The molecule has 1 unspecified atom stereocenters. The van der Waals surface area contributed by atoms with Crippen molar-refractivity contribution < 1.29 is 52.4 Å². The van der Waals surface area contributed by atoms with Crippen LogP contribution in [0.3, 0.4) is 0 Å². The first-order valence-corrected chi connectivity index (χ1v) is 16.2. The van der Waals surface area contributed by atoms with Gasteiger partial charge >= 0.3 is 23.9 Å². The van der Waals surface area contributed by atoms with Crippen LogP contribution < -0.4 is 0 Å². The Labute approximate surface area is 269 Å². The van der Waals surface area contributed by atoms with E-state index in [2.05, 4.69) is 0 Å². The maximum absolute atomic E-state index is 13.6. The van der Waals surface area contributed by atoms with E-state index in [1.165, 1.54) is 20.8 Å². The summed E-state index contributed by atoms with van der Waals surface area (Å²) < 4.78 is 37.3. The molecule has 1 spiro atoms. The third-order valence-electron chi connectivity index (χ3n) is 12.5. The topological polar surface area (TPSA) is 151 Å². The van der Waals surface area contributed by atoms with Crippen LogP contribution in [-0.2, 0) is 42.9 Å². The Morgan fingerprint density at radius 3 is 2.17 bits per heavy atom. The lowest BCUT2D eigenvalue weighted by Crippen LogP contribution is -2.79. The number of hydrogen-bond donors (Lipinski definition) is 1. The second-order valence-corrected chi connectivity index (χ2v) is 15.2. The van der Waals surface area contributed by atoms with Gasteiger partial charge in [0.25, 0.3) is 0 Å². The smallest absolute Gasteiger partial charge is 0.308 e. The summed E-state index contributed by atoms with van der Waals surface area (Å²) >= 11 is 0. The predicted molar refractivity (Wildman–Crippen MR) is 161 cm³/mol. The van der Waals surface area contributed by atoms with E-state index in [9.17, 15) is 24.3 Å². The number of carbonyl (C=O) groups excluding carboxylic acids is 4. The highest BCUT2D eigenvalue weighted by atomic mass is 16.6. The molecular weight excluding hydrogens is 596 g/mol. The van der Waals surface area contributed by atoms with Gasteiger partial charge in [0.1, 0.15) is 35.6 Å². The van der Waals surface area contributed by atoms with Crippen molar-refractivity contribution in [3.8, 4) is 0 Å². The van der Waals surface area contributed by atoms with Crippen LogP contribution in [-0.4, -0.2) is 70.7 Å². The number of aliphatic hydroxyl groups excluding tert-OH is 1.